The molecule has 4 heteroatoms. The van der Waals surface area contributed by atoms with Crippen molar-refractivity contribution in [3.63, 3.8) is 0 Å². The number of anilines is 2. The van der Waals surface area contributed by atoms with Gasteiger partial charge >= 0.3 is 0 Å². The molecule has 15 heavy (non-hydrogen) atoms. The van der Waals surface area contributed by atoms with Gasteiger partial charge in [-0.2, -0.15) is 11.8 Å². The van der Waals surface area contributed by atoms with Gasteiger partial charge in [0.15, 0.2) is 0 Å². The maximum Gasteiger partial charge on any atom is 0.128 e. The Morgan fingerprint density at radius 1 is 1.47 bits per heavy atom. The second kappa shape index (κ2) is 3.93. The fraction of sp³-hybridized carbons (Fsp3) is 0.545. The molecule has 0 aromatic carbocycles. The van der Waals surface area contributed by atoms with Crippen molar-refractivity contribution in [3.8, 4) is 0 Å². The van der Waals surface area contributed by atoms with E-state index in [1.807, 2.05) is 23.9 Å². The van der Waals surface area contributed by atoms with Crippen molar-refractivity contribution in [1.29, 1.82) is 0 Å². The highest BCUT2D eigenvalue weighted by atomic mass is 32.2. The second-order valence-corrected chi connectivity index (χ2v) is 6.28. The Bertz CT molecular complexity index is 334. The zero-order valence-electron chi connectivity index (χ0n) is 9.23. The summed E-state index contributed by atoms with van der Waals surface area (Å²) in [5, 5.41) is 0. The Labute approximate surface area is 95.1 Å². The van der Waals surface area contributed by atoms with Crippen molar-refractivity contribution >= 4 is 23.3 Å². The zero-order chi connectivity index (χ0) is 10.9. The molecule has 1 fully saturated rings. The molecule has 2 N–H and O–H groups in total. The third-order valence-corrected chi connectivity index (χ3v) is 3.82. The topological polar surface area (TPSA) is 42.1 Å². The first-order chi connectivity index (χ1) is 7.07. The van der Waals surface area contributed by atoms with Crippen molar-refractivity contribution < 1.29 is 0 Å². The smallest absolute Gasteiger partial charge is 0.128 e. The Balaban J connectivity index is 2.13. The molecule has 0 aliphatic carbocycles. The number of thioether (sulfide) groups is 1. The van der Waals surface area contributed by atoms with Crippen LogP contribution in [0.4, 0.5) is 11.5 Å². The van der Waals surface area contributed by atoms with E-state index >= 15 is 0 Å². The summed E-state index contributed by atoms with van der Waals surface area (Å²) in [6.07, 6.45) is 1.73. The van der Waals surface area contributed by atoms with E-state index in [-0.39, 0.29) is 0 Å². The van der Waals surface area contributed by atoms with Gasteiger partial charge in [-0.15, -0.1) is 0 Å². The first kappa shape index (κ1) is 10.6. The molecule has 1 aromatic rings. The summed E-state index contributed by atoms with van der Waals surface area (Å²) in [6.45, 7) is 6.68. The third-order valence-electron chi connectivity index (χ3n) is 2.52. The van der Waals surface area contributed by atoms with Crippen LogP contribution in [0.15, 0.2) is 18.3 Å². The molecule has 0 spiro atoms. The van der Waals surface area contributed by atoms with E-state index in [4.69, 9.17) is 5.73 Å². The van der Waals surface area contributed by atoms with Gasteiger partial charge < -0.3 is 10.6 Å². The molecule has 82 valence electrons. The Morgan fingerprint density at radius 3 is 2.87 bits per heavy atom. The summed E-state index contributed by atoms with van der Waals surface area (Å²) in [7, 11) is 0. The average molecular weight is 223 g/mol. The summed E-state index contributed by atoms with van der Waals surface area (Å²) in [6, 6.07) is 3.92. The Kier molecular flexibility index (Phi) is 2.78. The average Bonchev–Trinajstić information content (AvgIpc) is 2.17. The minimum atomic E-state index is 0.321. The standard InChI is InChI=1S/C11H17N3S/c1-11(2)8-14(5-6-15-11)10-4-3-9(12)7-13-10/h3-4,7H,5-6,8,12H2,1-2H3. The zero-order valence-corrected chi connectivity index (χ0v) is 10.0. The van der Waals surface area contributed by atoms with Gasteiger partial charge in [-0.25, -0.2) is 4.98 Å². The van der Waals surface area contributed by atoms with Crippen LogP contribution in [0.2, 0.25) is 0 Å². The molecular weight excluding hydrogens is 206 g/mol. The van der Waals surface area contributed by atoms with Gasteiger partial charge in [0.2, 0.25) is 0 Å². The van der Waals surface area contributed by atoms with E-state index in [1.165, 1.54) is 5.75 Å². The molecule has 0 radical (unpaired) electrons. The van der Waals surface area contributed by atoms with Gasteiger partial charge in [0.25, 0.3) is 0 Å². The Morgan fingerprint density at radius 2 is 2.27 bits per heavy atom. The lowest BCUT2D eigenvalue weighted by molar-refractivity contribution is 0.642. The molecule has 2 rings (SSSR count). The van der Waals surface area contributed by atoms with Gasteiger partial charge in [0, 0.05) is 23.6 Å². The van der Waals surface area contributed by atoms with E-state index < -0.39 is 0 Å². The van der Waals surface area contributed by atoms with Crippen LogP contribution in [0.25, 0.3) is 0 Å². The minimum absolute atomic E-state index is 0.321. The number of nitrogens with zero attached hydrogens (tertiary/aromatic N) is 2. The van der Waals surface area contributed by atoms with Crippen LogP contribution in [0, 0.1) is 0 Å². The van der Waals surface area contributed by atoms with Crippen LogP contribution in [0.3, 0.4) is 0 Å². The normalized spacial score (nSPS) is 20.3. The van der Waals surface area contributed by atoms with E-state index in [9.17, 15) is 0 Å². The lowest BCUT2D eigenvalue weighted by Gasteiger charge is -2.38. The van der Waals surface area contributed by atoms with E-state index in [0.717, 1.165) is 24.6 Å². The third kappa shape index (κ3) is 2.56. The van der Waals surface area contributed by atoms with Gasteiger partial charge in [-0.1, -0.05) is 0 Å². The van der Waals surface area contributed by atoms with Crippen molar-refractivity contribution in [3.05, 3.63) is 18.3 Å². The van der Waals surface area contributed by atoms with Gasteiger partial charge in [0.05, 0.1) is 11.9 Å². The number of rotatable bonds is 1. The molecule has 0 saturated carbocycles. The van der Waals surface area contributed by atoms with E-state index in [2.05, 4.69) is 23.7 Å². The molecule has 0 unspecified atom stereocenters. The van der Waals surface area contributed by atoms with Gasteiger partial charge in [-0.05, 0) is 26.0 Å². The van der Waals surface area contributed by atoms with Crippen LogP contribution >= 0.6 is 11.8 Å². The molecule has 1 aliphatic rings. The molecule has 0 amide bonds. The number of hydrogen-bond acceptors (Lipinski definition) is 4. The summed E-state index contributed by atoms with van der Waals surface area (Å²) >= 11 is 2.03. The van der Waals surface area contributed by atoms with Crippen molar-refractivity contribution in [1.82, 2.24) is 4.98 Å². The highest BCUT2D eigenvalue weighted by Gasteiger charge is 2.27. The maximum atomic E-state index is 5.62. The number of hydrogen-bond donors (Lipinski definition) is 1. The highest BCUT2D eigenvalue weighted by molar-refractivity contribution is 8.00. The van der Waals surface area contributed by atoms with Crippen LogP contribution in [-0.4, -0.2) is 28.6 Å². The summed E-state index contributed by atoms with van der Waals surface area (Å²) in [4.78, 5) is 6.69. The fourth-order valence-corrected chi connectivity index (χ4v) is 2.91. The number of nitrogen functional groups attached to an aromatic ring is 1. The lowest BCUT2D eigenvalue weighted by Crippen LogP contribution is -2.43. The van der Waals surface area contributed by atoms with Crippen molar-refractivity contribution in [2.45, 2.75) is 18.6 Å². The quantitative estimate of drug-likeness (QED) is 0.790. The van der Waals surface area contributed by atoms with Gasteiger partial charge in [-0.3, -0.25) is 0 Å². The molecule has 1 saturated heterocycles. The molecule has 0 bridgehead atoms. The summed E-state index contributed by atoms with van der Waals surface area (Å²) in [5.41, 5.74) is 6.35. The number of nitrogens with two attached hydrogens (primary N) is 1. The van der Waals surface area contributed by atoms with Crippen LogP contribution in [0.1, 0.15) is 13.8 Å². The highest BCUT2D eigenvalue weighted by Crippen LogP contribution is 2.31. The fourth-order valence-electron chi connectivity index (χ4n) is 1.80. The SMILES string of the molecule is CC1(C)CN(c2ccc(N)cn2)CCS1. The van der Waals surface area contributed by atoms with Crippen LogP contribution in [0.5, 0.6) is 0 Å². The molecule has 3 nitrogen and oxygen atoms in total. The number of pyridine rings is 1. The Hall–Kier alpha value is -0.900. The summed E-state index contributed by atoms with van der Waals surface area (Å²) < 4.78 is 0.321. The molecule has 1 aromatic heterocycles. The molecule has 2 heterocycles. The maximum absolute atomic E-state index is 5.62. The summed E-state index contributed by atoms with van der Waals surface area (Å²) in [5.74, 6) is 2.21. The molecule has 1 aliphatic heterocycles. The minimum Gasteiger partial charge on any atom is -0.397 e. The molecule has 0 atom stereocenters. The lowest BCUT2D eigenvalue weighted by atomic mass is 10.2. The first-order valence-corrected chi connectivity index (χ1v) is 6.16. The number of aromatic nitrogens is 1. The van der Waals surface area contributed by atoms with E-state index in [0.29, 0.717) is 4.75 Å². The molecular formula is C11H17N3S. The van der Waals surface area contributed by atoms with Crippen LogP contribution < -0.4 is 10.6 Å². The largest absolute Gasteiger partial charge is 0.397 e. The van der Waals surface area contributed by atoms with Crippen molar-refractivity contribution in [2.75, 3.05) is 29.5 Å². The van der Waals surface area contributed by atoms with Crippen molar-refractivity contribution in [2.24, 2.45) is 0 Å². The van der Waals surface area contributed by atoms with Crippen LogP contribution in [-0.2, 0) is 0 Å². The first-order valence-electron chi connectivity index (χ1n) is 5.17. The van der Waals surface area contributed by atoms with E-state index in [1.54, 1.807) is 6.20 Å². The monoisotopic (exact) mass is 223 g/mol. The second-order valence-electron chi connectivity index (χ2n) is 4.48. The predicted octanol–water partition coefficient (Wildman–Crippen LogP) is 2.00. The van der Waals surface area contributed by atoms with Gasteiger partial charge in [0.1, 0.15) is 5.82 Å². The predicted molar refractivity (Wildman–Crippen MR) is 67.4 cm³/mol.